The second-order valence-electron chi connectivity index (χ2n) is 6.28. The van der Waals surface area contributed by atoms with Crippen LogP contribution in [0.4, 0.5) is 15.8 Å². The van der Waals surface area contributed by atoms with Gasteiger partial charge in [-0.1, -0.05) is 18.2 Å². The summed E-state index contributed by atoms with van der Waals surface area (Å²) in [5.74, 6) is -0.337. The maximum Gasteiger partial charge on any atom is 0.292 e. The number of halogens is 1. The minimum absolute atomic E-state index is 0.0537. The first-order valence-electron chi connectivity index (χ1n) is 9.13. The van der Waals surface area contributed by atoms with E-state index < -0.39 is 10.7 Å². The van der Waals surface area contributed by atoms with E-state index in [1.54, 1.807) is 42.6 Å². The number of nitro benzene ring substituents is 1. The van der Waals surface area contributed by atoms with Gasteiger partial charge in [-0.2, -0.15) is 0 Å². The van der Waals surface area contributed by atoms with Crippen molar-refractivity contribution in [2.45, 2.75) is 13.0 Å². The fourth-order valence-corrected chi connectivity index (χ4v) is 2.65. The molecular weight excluding hydrogens is 391 g/mol. The van der Waals surface area contributed by atoms with Crippen LogP contribution >= 0.6 is 0 Å². The van der Waals surface area contributed by atoms with Crippen molar-refractivity contribution in [3.63, 3.8) is 0 Å². The van der Waals surface area contributed by atoms with E-state index in [9.17, 15) is 19.3 Å². The highest BCUT2D eigenvalue weighted by molar-refractivity contribution is 5.76. The molecule has 8 nitrogen and oxygen atoms in total. The van der Waals surface area contributed by atoms with Crippen LogP contribution in [0.1, 0.15) is 12.0 Å². The van der Waals surface area contributed by atoms with Crippen LogP contribution in [0.15, 0.2) is 67.0 Å². The first-order valence-corrected chi connectivity index (χ1v) is 9.13. The molecule has 0 spiro atoms. The van der Waals surface area contributed by atoms with Crippen LogP contribution in [0.5, 0.6) is 11.5 Å². The summed E-state index contributed by atoms with van der Waals surface area (Å²) in [7, 11) is 0. The van der Waals surface area contributed by atoms with Gasteiger partial charge in [0.15, 0.2) is 11.6 Å². The van der Waals surface area contributed by atoms with E-state index in [2.05, 4.69) is 15.6 Å². The molecule has 0 radical (unpaired) electrons. The second kappa shape index (κ2) is 9.97. The number of amides is 1. The number of nitro groups is 1. The van der Waals surface area contributed by atoms with E-state index in [4.69, 9.17) is 4.74 Å². The number of carbonyl (C=O) groups is 1. The molecule has 0 aliphatic heterocycles. The zero-order valence-electron chi connectivity index (χ0n) is 15.9. The molecule has 1 aromatic heterocycles. The molecule has 9 heteroatoms. The zero-order valence-corrected chi connectivity index (χ0v) is 15.9. The second-order valence-corrected chi connectivity index (χ2v) is 6.28. The number of aromatic nitrogens is 1. The van der Waals surface area contributed by atoms with Crippen LogP contribution < -0.4 is 15.4 Å². The monoisotopic (exact) mass is 410 g/mol. The Bertz CT molecular complexity index is 1030. The van der Waals surface area contributed by atoms with Gasteiger partial charge in [-0.3, -0.25) is 19.9 Å². The number of hydrogen-bond donors (Lipinski definition) is 2. The fraction of sp³-hybridized carbons (Fsp3) is 0.143. The average molecular weight is 410 g/mol. The van der Waals surface area contributed by atoms with Gasteiger partial charge in [0.1, 0.15) is 11.4 Å². The first-order chi connectivity index (χ1) is 14.5. The number of nitrogens with one attached hydrogen (secondary N) is 2. The van der Waals surface area contributed by atoms with Crippen molar-refractivity contribution in [1.82, 2.24) is 10.3 Å². The maximum atomic E-state index is 14.2. The molecule has 0 unspecified atom stereocenters. The van der Waals surface area contributed by atoms with Crippen LogP contribution in [0.25, 0.3) is 0 Å². The number of pyridine rings is 1. The van der Waals surface area contributed by atoms with Crippen molar-refractivity contribution >= 4 is 17.3 Å². The van der Waals surface area contributed by atoms with Gasteiger partial charge in [-0.05, 0) is 35.9 Å². The number of carbonyl (C=O) groups excluding carboxylic acids is 1. The van der Waals surface area contributed by atoms with Gasteiger partial charge in [0.25, 0.3) is 5.69 Å². The van der Waals surface area contributed by atoms with Crippen molar-refractivity contribution in [2.24, 2.45) is 0 Å². The highest BCUT2D eigenvalue weighted by Gasteiger charge is 2.12. The summed E-state index contributed by atoms with van der Waals surface area (Å²) in [6, 6.07) is 14.0. The molecule has 0 fully saturated rings. The lowest BCUT2D eigenvalue weighted by Gasteiger charge is -2.10. The number of para-hydroxylation sites is 2. The number of benzene rings is 2. The molecule has 1 amide bonds. The van der Waals surface area contributed by atoms with Gasteiger partial charge in [0, 0.05) is 31.8 Å². The molecule has 3 aromatic rings. The minimum Gasteiger partial charge on any atom is -0.453 e. The van der Waals surface area contributed by atoms with E-state index in [0.717, 1.165) is 0 Å². The maximum absolute atomic E-state index is 14.2. The lowest BCUT2D eigenvalue weighted by Crippen LogP contribution is -2.25. The van der Waals surface area contributed by atoms with Gasteiger partial charge in [-0.15, -0.1) is 0 Å². The van der Waals surface area contributed by atoms with Gasteiger partial charge >= 0.3 is 0 Å². The summed E-state index contributed by atoms with van der Waals surface area (Å²) >= 11 is 0. The largest absolute Gasteiger partial charge is 0.453 e. The fourth-order valence-electron chi connectivity index (χ4n) is 2.65. The first kappa shape index (κ1) is 20.7. The smallest absolute Gasteiger partial charge is 0.292 e. The highest BCUT2D eigenvalue weighted by atomic mass is 19.1. The van der Waals surface area contributed by atoms with Crippen LogP contribution in [-0.4, -0.2) is 22.4 Å². The molecule has 154 valence electrons. The third kappa shape index (κ3) is 5.74. The normalized spacial score (nSPS) is 10.3. The molecule has 0 bridgehead atoms. The van der Waals surface area contributed by atoms with Crippen LogP contribution in [-0.2, 0) is 11.3 Å². The Labute approximate surface area is 171 Å². The molecule has 2 aromatic carbocycles. The van der Waals surface area contributed by atoms with E-state index in [1.165, 1.54) is 24.4 Å². The molecule has 0 aliphatic carbocycles. The molecule has 2 N–H and O–H groups in total. The lowest BCUT2D eigenvalue weighted by molar-refractivity contribution is -0.384. The van der Waals surface area contributed by atoms with E-state index in [-0.39, 0.29) is 36.9 Å². The van der Waals surface area contributed by atoms with Crippen LogP contribution in [0.3, 0.4) is 0 Å². The number of anilines is 1. The molecular formula is C21H19FN4O4. The van der Waals surface area contributed by atoms with E-state index >= 15 is 0 Å². The number of rotatable bonds is 9. The molecule has 1 heterocycles. The van der Waals surface area contributed by atoms with Gasteiger partial charge in [0.2, 0.25) is 5.91 Å². The summed E-state index contributed by atoms with van der Waals surface area (Å²) in [4.78, 5) is 26.4. The Kier molecular flexibility index (Phi) is 6.88. The predicted octanol–water partition coefficient (Wildman–Crippen LogP) is 4.04. The minimum atomic E-state index is -0.552. The van der Waals surface area contributed by atoms with Crippen molar-refractivity contribution in [3.05, 3.63) is 88.5 Å². The molecule has 0 atom stereocenters. The number of hydrogen-bond acceptors (Lipinski definition) is 6. The van der Waals surface area contributed by atoms with E-state index in [1.807, 2.05) is 0 Å². The number of ether oxygens (including phenoxy) is 1. The molecule has 30 heavy (non-hydrogen) atoms. The van der Waals surface area contributed by atoms with Crippen molar-refractivity contribution < 1.29 is 18.8 Å². The molecule has 3 rings (SSSR count). The number of nitrogens with zero attached hydrogens (tertiary/aromatic N) is 2. The molecule has 0 aliphatic rings. The zero-order chi connectivity index (χ0) is 21.3. The Balaban J connectivity index is 1.47. The van der Waals surface area contributed by atoms with Crippen LogP contribution in [0.2, 0.25) is 0 Å². The van der Waals surface area contributed by atoms with Crippen molar-refractivity contribution in [1.29, 1.82) is 0 Å². The predicted molar refractivity (Wildman–Crippen MR) is 109 cm³/mol. The van der Waals surface area contributed by atoms with Gasteiger partial charge < -0.3 is 15.4 Å². The Morgan fingerprint density at radius 1 is 1.17 bits per heavy atom. The SMILES string of the molecule is O=C(CCNc1ccccc1[N+](=O)[O-])NCc1ccc(Oc2cccnc2)c(F)c1. The lowest BCUT2D eigenvalue weighted by atomic mass is 10.2. The van der Waals surface area contributed by atoms with Crippen LogP contribution in [0, 0.1) is 15.9 Å². The average Bonchev–Trinajstić information content (AvgIpc) is 2.75. The standard InChI is InChI=1S/C21H19FN4O4/c22-17-12-15(7-8-20(17)30-16-4-3-10-23-14-16)13-25-21(27)9-11-24-18-5-1-2-6-19(18)26(28)29/h1-8,10,12,14,24H,9,11,13H2,(H,25,27). The highest BCUT2D eigenvalue weighted by Crippen LogP contribution is 2.25. The van der Waals surface area contributed by atoms with Gasteiger partial charge in [-0.25, -0.2) is 4.39 Å². The topological polar surface area (TPSA) is 106 Å². The Morgan fingerprint density at radius 2 is 2.00 bits per heavy atom. The van der Waals surface area contributed by atoms with Crippen molar-refractivity contribution in [2.75, 3.05) is 11.9 Å². The summed E-state index contributed by atoms with van der Waals surface area (Å²) < 4.78 is 19.7. The summed E-state index contributed by atoms with van der Waals surface area (Å²) in [6.45, 7) is 0.372. The van der Waals surface area contributed by atoms with Crippen molar-refractivity contribution in [3.8, 4) is 11.5 Å². The third-order valence-electron chi connectivity index (χ3n) is 4.12. The summed E-state index contributed by atoms with van der Waals surface area (Å²) in [5, 5.41) is 16.5. The molecule has 0 saturated heterocycles. The summed E-state index contributed by atoms with van der Waals surface area (Å²) in [5.41, 5.74) is 0.870. The molecule has 0 saturated carbocycles. The van der Waals surface area contributed by atoms with Gasteiger partial charge in [0.05, 0.1) is 11.1 Å². The summed E-state index contributed by atoms with van der Waals surface area (Å²) in [6.07, 6.45) is 3.17. The Hall–Kier alpha value is -4.01. The van der Waals surface area contributed by atoms with E-state index in [0.29, 0.717) is 17.0 Å². The third-order valence-corrected chi connectivity index (χ3v) is 4.12. The Morgan fingerprint density at radius 3 is 2.73 bits per heavy atom. The quantitative estimate of drug-likeness (QED) is 0.407.